The summed E-state index contributed by atoms with van der Waals surface area (Å²) in [5.74, 6) is -0.815. The lowest BCUT2D eigenvalue weighted by atomic mass is 10.2. The van der Waals surface area contributed by atoms with Gasteiger partial charge in [-0.15, -0.1) is 0 Å². The molecule has 2 aromatic carbocycles. The van der Waals surface area contributed by atoms with E-state index in [0.717, 1.165) is 5.56 Å². The highest BCUT2D eigenvalue weighted by atomic mass is 35.5. The fourth-order valence-electron chi connectivity index (χ4n) is 2.44. The largest absolute Gasteiger partial charge is 0.493 e. The van der Waals surface area contributed by atoms with Crippen LogP contribution in [0.4, 0.5) is 5.69 Å². The van der Waals surface area contributed by atoms with Gasteiger partial charge in [0, 0.05) is 22.7 Å². The Labute approximate surface area is 174 Å². The van der Waals surface area contributed by atoms with Crippen LogP contribution in [0.25, 0.3) is 0 Å². The van der Waals surface area contributed by atoms with Crippen molar-refractivity contribution in [3.63, 3.8) is 0 Å². The van der Waals surface area contributed by atoms with E-state index >= 15 is 0 Å². The molecule has 2 amide bonds. The molecule has 0 aromatic heterocycles. The van der Waals surface area contributed by atoms with Crippen LogP contribution in [0, 0.1) is 6.92 Å². The maximum absolute atomic E-state index is 12.1. The molecule has 0 bridgehead atoms. The van der Waals surface area contributed by atoms with Gasteiger partial charge in [-0.05, 0) is 68.3 Å². The minimum atomic E-state index is -0.960. The van der Waals surface area contributed by atoms with E-state index in [4.69, 9.17) is 26.8 Å². The van der Waals surface area contributed by atoms with Gasteiger partial charge in [0.2, 0.25) is 5.91 Å². The molecule has 0 spiro atoms. The molecule has 0 saturated heterocycles. The summed E-state index contributed by atoms with van der Waals surface area (Å²) in [4.78, 5) is 35.1. The molecule has 0 aliphatic rings. The van der Waals surface area contributed by atoms with E-state index in [2.05, 4.69) is 5.32 Å². The fourth-order valence-corrected chi connectivity index (χ4v) is 2.67. The number of hydrogen-bond acceptors (Lipinski definition) is 5. The van der Waals surface area contributed by atoms with Crippen molar-refractivity contribution in [2.75, 3.05) is 11.9 Å². The molecule has 29 heavy (non-hydrogen) atoms. The summed E-state index contributed by atoms with van der Waals surface area (Å²) < 4.78 is 10.8. The molecule has 0 fully saturated rings. The third-order valence-electron chi connectivity index (χ3n) is 4.03. The number of aryl methyl sites for hydroxylation is 1. The van der Waals surface area contributed by atoms with E-state index in [1.54, 1.807) is 30.3 Å². The van der Waals surface area contributed by atoms with Gasteiger partial charge in [-0.1, -0.05) is 11.6 Å². The zero-order valence-corrected chi connectivity index (χ0v) is 17.0. The molecule has 0 aliphatic carbocycles. The molecule has 0 aliphatic heterocycles. The normalized spacial score (nSPS) is 11.4. The van der Waals surface area contributed by atoms with E-state index < -0.39 is 23.9 Å². The summed E-state index contributed by atoms with van der Waals surface area (Å²) in [5, 5.41) is 3.24. The first kappa shape index (κ1) is 22.2. The van der Waals surface area contributed by atoms with Gasteiger partial charge in [-0.2, -0.15) is 0 Å². The number of benzene rings is 2. The van der Waals surface area contributed by atoms with Crippen molar-refractivity contribution in [1.29, 1.82) is 0 Å². The predicted octanol–water partition coefficient (Wildman–Crippen LogP) is 3.48. The smallest absolute Gasteiger partial charge is 0.306 e. The van der Waals surface area contributed by atoms with Crippen LogP contribution in [-0.2, 0) is 14.3 Å². The number of ether oxygens (including phenoxy) is 2. The molecule has 1 atom stereocenters. The molecule has 8 heteroatoms. The van der Waals surface area contributed by atoms with E-state index in [0.29, 0.717) is 35.1 Å². The lowest BCUT2D eigenvalue weighted by Crippen LogP contribution is -2.30. The molecule has 2 rings (SSSR count). The van der Waals surface area contributed by atoms with Gasteiger partial charge in [0.05, 0.1) is 6.61 Å². The summed E-state index contributed by atoms with van der Waals surface area (Å²) in [5.41, 5.74) is 6.88. The van der Waals surface area contributed by atoms with Crippen LogP contribution in [0.3, 0.4) is 0 Å². The summed E-state index contributed by atoms with van der Waals surface area (Å²) in [6, 6.07) is 11.4. The maximum Gasteiger partial charge on any atom is 0.306 e. The number of carbonyl (C=O) groups is 3. The van der Waals surface area contributed by atoms with Crippen LogP contribution >= 0.6 is 11.6 Å². The van der Waals surface area contributed by atoms with Crippen LogP contribution < -0.4 is 15.8 Å². The van der Waals surface area contributed by atoms with Crippen LogP contribution in [0.5, 0.6) is 5.75 Å². The summed E-state index contributed by atoms with van der Waals surface area (Å²) in [6.07, 6.45) is -0.390. The first-order chi connectivity index (χ1) is 13.8. The van der Waals surface area contributed by atoms with E-state index in [1.807, 2.05) is 6.92 Å². The van der Waals surface area contributed by atoms with Gasteiger partial charge in [-0.25, -0.2) is 0 Å². The monoisotopic (exact) mass is 418 g/mol. The highest BCUT2D eigenvalue weighted by Crippen LogP contribution is 2.22. The second kappa shape index (κ2) is 10.5. The molecule has 0 heterocycles. The second-order valence-electron chi connectivity index (χ2n) is 6.42. The third-order valence-corrected chi connectivity index (χ3v) is 4.27. The average Bonchev–Trinajstić information content (AvgIpc) is 2.67. The Balaban J connectivity index is 1.72. The highest BCUT2D eigenvalue weighted by molar-refractivity contribution is 6.30. The second-order valence-corrected chi connectivity index (χ2v) is 6.86. The van der Waals surface area contributed by atoms with Crippen LogP contribution in [0.15, 0.2) is 42.5 Å². The molecule has 0 unspecified atom stereocenters. The Kier molecular flexibility index (Phi) is 8.03. The molecule has 0 saturated carbocycles. The van der Waals surface area contributed by atoms with Gasteiger partial charge in [0.15, 0.2) is 6.10 Å². The number of primary amides is 1. The molecular formula is C21H23ClN2O5. The number of halogens is 1. The van der Waals surface area contributed by atoms with Gasteiger partial charge >= 0.3 is 5.97 Å². The summed E-state index contributed by atoms with van der Waals surface area (Å²) >= 11 is 5.90. The Bertz CT molecular complexity index is 883. The number of nitrogens with two attached hydrogens (primary N) is 1. The Morgan fingerprint density at radius 3 is 2.45 bits per heavy atom. The van der Waals surface area contributed by atoms with Gasteiger partial charge in [0.1, 0.15) is 5.75 Å². The quantitative estimate of drug-likeness (QED) is 0.478. The highest BCUT2D eigenvalue weighted by Gasteiger charge is 2.18. The Morgan fingerprint density at radius 2 is 1.83 bits per heavy atom. The number of rotatable bonds is 9. The topological polar surface area (TPSA) is 108 Å². The van der Waals surface area contributed by atoms with Crippen LogP contribution in [0.2, 0.25) is 5.02 Å². The van der Waals surface area contributed by atoms with Crippen LogP contribution in [-0.4, -0.2) is 30.5 Å². The van der Waals surface area contributed by atoms with Crippen molar-refractivity contribution in [2.24, 2.45) is 5.73 Å². The minimum absolute atomic E-state index is 0.123. The molecule has 7 nitrogen and oxygen atoms in total. The molecule has 3 N–H and O–H groups in total. The standard InChI is InChI=1S/C21H23ClN2O5/c1-13-12-16(22)7-10-18(13)28-11-3-4-19(25)29-14(2)21(27)24-17-8-5-15(6-9-17)20(23)26/h5-10,12,14H,3-4,11H2,1-2H3,(H2,23,26)(H,24,27)/t14-/m1/s1. The third kappa shape index (κ3) is 7.12. The Morgan fingerprint density at radius 1 is 1.14 bits per heavy atom. The van der Waals surface area contributed by atoms with Crippen molar-refractivity contribution in [3.8, 4) is 5.75 Å². The molecular weight excluding hydrogens is 396 g/mol. The van der Waals surface area contributed by atoms with E-state index in [-0.39, 0.29) is 6.42 Å². The maximum atomic E-state index is 12.1. The first-order valence-corrected chi connectivity index (χ1v) is 9.43. The summed E-state index contributed by atoms with van der Waals surface area (Å²) in [7, 11) is 0. The van der Waals surface area contributed by atoms with Gasteiger partial charge < -0.3 is 20.5 Å². The van der Waals surface area contributed by atoms with Crippen molar-refractivity contribution in [1.82, 2.24) is 0 Å². The number of nitrogens with one attached hydrogen (secondary N) is 1. The zero-order valence-electron chi connectivity index (χ0n) is 16.2. The minimum Gasteiger partial charge on any atom is -0.493 e. The van der Waals surface area contributed by atoms with E-state index in [1.165, 1.54) is 19.1 Å². The molecule has 0 radical (unpaired) electrons. The van der Waals surface area contributed by atoms with Crippen molar-refractivity contribution in [2.45, 2.75) is 32.8 Å². The van der Waals surface area contributed by atoms with Crippen molar-refractivity contribution in [3.05, 3.63) is 58.6 Å². The predicted molar refractivity (Wildman–Crippen MR) is 110 cm³/mol. The fraction of sp³-hybridized carbons (Fsp3) is 0.286. The van der Waals surface area contributed by atoms with Crippen molar-refractivity contribution >= 4 is 35.1 Å². The number of anilines is 1. The van der Waals surface area contributed by atoms with Crippen molar-refractivity contribution < 1.29 is 23.9 Å². The number of carbonyl (C=O) groups excluding carboxylic acids is 3. The number of hydrogen-bond donors (Lipinski definition) is 2. The van der Waals surface area contributed by atoms with E-state index in [9.17, 15) is 14.4 Å². The lowest BCUT2D eigenvalue weighted by molar-refractivity contribution is -0.153. The van der Waals surface area contributed by atoms with Crippen LogP contribution in [0.1, 0.15) is 35.7 Å². The zero-order chi connectivity index (χ0) is 21.4. The van der Waals surface area contributed by atoms with Gasteiger partial charge in [0.25, 0.3) is 5.91 Å². The van der Waals surface area contributed by atoms with Gasteiger partial charge in [-0.3, -0.25) is 14.4 Å². The summed E-state index contributed by atoms with van der Waals surface area (Å²) in [6.45, 7) is 3.71. The number of esters is 1. The first-order valence-electron chi connectivity index (χ1n) is 9.05. The molecule has 154 valence electrons. The lowest BCUT2D eigenvalue weighted by Gasteiger charge is -2.14. The average molecular weight is 419 g/mol. The number of amides is 2. The Hall–Kier alpha value is -3.06. The SMILES string of the molecule is Cc1cc(Cl)ccc1OCCCC(=O)O[C@H](C)C(=O)Nc1ccc(C(N)=O)cc1. The molecule has 2 aromatic rings.